The van der Waals surface area contributed by atoms with E-state index in [1.54, 1.807) is 0 Å². The Morgan fingerprint density at radius 1 is 1.44 bits per heavy atom. The summed E-state index contributed by atoms with van der Waals surface area (Å²) in [5, 5.41) is 12.1. The molecule has 0 aromatic heterocycles. The van der Waals surface area contributed by atoms with Gasteiger partial charge in [-0.25, -0.2) is 0 Å². The van der Waals surface area contributed by atoms with E-state index in [9.17, 15) is 4.79 Å². The number of aliphatic hydroxyl groups excluding tert-OH is 1. The summed E-state index contributed by atoms with van der Waals surface area (Å²) in [4.78, 5) is 11.1. The lowest BCUT2D eigenvalue weighted by molar-refractivity contribution is -0.143. The molecule has 2 atom stereocenters. The largest absolute Gasteiger partial charge is 0.466 e. The number of ether oxygens (including phenoxy) is 1. The van der Waals surface area contributed by atoms with E-state index < -0.39 is 0 Å². The molecule has 0 aliphatic carbocycles. The van der Waals surface area contributed by atoms with Crippen molar-refractivity contribution >= 4 is 5.97 Å². The van der Waals surface area contributed by atoms with Crippen LogP contribution in [-0.2, 0) is 9.53 Å². The average Bonchev–Trinajstić information content (AvgIpc) is 2.24. The van der Waals surface area contributed by atoms with E-state index >= 15 is 0 Å². The van der Waals surface area contributed by atoms with Crippen LogP contribution in [0.25, 0.3) is 0 Å². The zero-order valence-electron chi connectivity index (χ0n) is 10.7. The van der Waals surface area contributed by atoms with Crippen LogP contribution in [0.15, 0.2) is 0 Å². The molecule has 4 heteroatoms. The van der Waals surface area contributed by atoms with Gasteiger partial charge in [-0.05, 0) is 39.2 Å². The summed E-state index contributed by atoms with van der Waals surface area (Å²) in [6, 6.07) is 0.156. The van der Waals surface area contributed by atoms with Crippen molar-refractivity contribution in [3.8, 4) is 0 Å². The highest BCUT2D eigenvalue weighted by atomic mass is 16.5. The molecule has 0 rings (SSSR count). The van der Waals surface area contributed by atoms with E-state index in [1.165, 1.54) is 0 Å². The van der Waals surface area contributed by atoms with E-state index in [0.717, 1.165) is 19.4 Å². The summed E-state index contributed by atoms with van der Waals surface area (Å²) >= 11 is 0. The van der Waals surface area contributed by atoms with Crippen LogP contribution >= 0.6 is 0 Å². The maximum Gasteiger partial charge on any atom is 0.307 e. The second kappa shape index (κ2) is 9.60. The zero-order chi connectivity index (χ0) is 12.4. The summed E-state index contributed by atoms with van der Waals surface area (Å²) < 4.78 is 4.86. The number of esters is 1. The second-order valence-electron chi connectivity index (χ2n) is 4.29. The van der Waals surface area contributed by atoms with Gasteiger partial charge in [0, 0.05) is 12.6 Å². The number of hydrogen-bond donors (Lipinski definition) is 2. The standard InChI is InChI=1S/C12H25NO3/c1-4-16-12(15)8-11(3)13-7-5-6-10(2)9-14/h10-11,13-14H,4-9H2,1-3H3. The summed E-state index contributed by atoms with van der Waals surface area (Å²) in [5.74, 6) is 0.216. The number of carbonyl (C=O) groups excluding carboxylic acids is 1. The quantitative estimate of drug-likeness (QED) is 0.464. The molecule has 0 aliphatic heterocycles. The second-order valence-corrected chi connectivity index (χ2v) is 4.29. The fraction of sp³-hybridized carbons (Fsp3) is 0.917. The molecule has 2 unspecified atom stereocenters. The maximum atomic E-state index is 11.1. The molecule has 0 aromatic carbocycles. The van der Waals surface area contributed by atoms with Crippen molar-refractivity contribution in [2.24, 2.45) is 5.92 Å². The van der Waals surface area contributed by atoms with Crippen molar-refractivity contribution in [1.82, 2.24) is 5.32 Å². The summed E-state index contributed by atoms with van der Waals surface area (Å²) in [5.41, 5.74) is 0. The summed E-state index contributed by atoms with van der Waals surface area (Å²) in [6.45, 7) is 7.39. The average molecular weight is 231 g/mol. The van der Waals surface area contributed by atoms with Crippen molar-refractivity contribution in [2.45, 2.75) is 46.1 Å². The zero-order valence-corrected chi connectivity index (χ0v) is 10.7. The van der Waals surface area contributed by atoms with Gasteiger partial charge in [0.05, 0.1) is 13.0 Å². The molecule has 0 bridgehead atoms. The van der Waals surface area contributed by atoms with Gasteiger partial charge in [-0.2, -0.15) is 0 Å². The Labute approximate surface area is 98.4 Å². The van der Waals surface area contributed by atoms with E-state index in [4.69, 9.17) is 9.84 Å². The van der Waals surface area contributed by atoms with Gasteiger partial charge in [0.2, 0.25) is 0 Å². The normalized spacial score (nSPS) is 14.5. The van der Waals surface area contributed by atoms with Crippen LogP contribution in [0.1, 0.15) is 40.0 Å². The number of aliphatic hydroxyl groups is 1. The minimum atomic E-state index is -0.147. The predicted molar refractivity (Wildman–Crippen MR) is 64.2 cm³/mol. The predicted octanol–water partition coefficient (Wildman–Crippen LogP) is 1.33. The molecule has 2 N–H and O–H groups in total. The number of hydrogen-bond acceptors (Lipinski definition) is 4. The van der Waals surface area contributed by atoms with Crippen molar-refractivity contribution in [1.29, 1.82) is 0 Å². The van der Waals surface area contributed by atoms with Crippen LogP contribution < -0.4 is 5.32 Å². The first-order valence-electron chi connectivity index (χ1n) is 6.10. The van der Waals surface area contributed by atoms with Gasteiger partial charge >= 0.3 is 5.97 Å². The van der Waals surface area contributed by atoms with Crippen molar-refractivity contribution < 1.29 is 14.6 Å². The number of rotatable bonds is 9. The molecule has 16 heavy (non-hydrogen) atoms. The fourth-order valence-corrected chi connectivity index (χ4v) is 1.43. The molecule has 96 valence electrons. The summed E-state index contributed by atoms with van der Waals surface area (Å²) in [6.07, 6.45) is 2.45. The Balaban J connectivity index is 3.43. The van der Waals surface area contributed by atoms with Gasteiger partial charge in [-0.1, -0.05) is 6.92 Å². The highest BCUT2D eigenvalue weighted by Gasteiger charge is 2.08. The van der Waals surface area contributed by atoms with Gasteiger partial charge in [-0.15, -0.1) is 0 Å². The molecular formula is C12H25NO3. The summed E-state index contributed by atoms with van der Waals surface area (Å²) in [7, 11) is 0. The van der Waals surface area contributed by atoms with Crippen molar-refractivity contribution in [3.63, 3.8) is 0 Å². The molecule has 0 amide bonds. The topological polar surface area (TPSA) is 58.6 Å². The van der Waals surface area contributed by atoms with Gasteiger partial charge in [0.25, 0.3) is 0 Å². The van der Waals surface area contributed by atoms with Crippen LogP contribution in [-0.4, -0.2) is 36.9 Å². The first kappa shape index (κ1) is 15.4. The minimum absolute atomic E-state index is 0.147. The molecule has 0 aromatic rings. The third-order valence-corrected chi connectivity index (χ3v) is 2.46. The highest BCUT2D eigenvalue weighted by Crippen LogP contribution is 2.03. The van der Waals surface area contributed by atoms with E-state index in [2.05, 4.69) is 5.32 Å². The van der Waals surface area contributed by atoms with E-state index in [1.807, 2.05) is 20.8 Å². The molecule has 0 radical (unpaired) electrons. The van der Waals surface area contributed by atoms with Gasteiger partial charge in [0.1, 0.15) is 0 Å². The van der Waals surface area contributed by atoms with E-state index in [0.29, 0.717) is 18.9 Å². The van der Waals surface area contributed by atoms with Crippen LogP contribution in [0, 0.1) is 5.92 Å². The Kier molecular flexibility index (Phi) is 9.24. The molecule has 0 spiro atoms. The van der Waals surface area contributed by atoms with Crippen LogP contribution in [0.2, 0.25) is 0 Å². The van der Waals surface area contributed by atoms with Gasteiger partial charge < -0.3 is 15.2 Å². The van der Waals surface area contributed by atoms with Crippen LogP contribution in [0.5, 0.6) is 0 Å². The highest BCUT2D eigenvalue weighted by molar-refractivity contribution is 5.69. The minimum Gasteiger partial charge on any atom is -0.466 e. The SMILES string of the molecule is CCOC(=O)CC(C)NCCCC(C)CO. The molecule has 4 nitrogen and oxygen atoms in total. The van der Waals surface area contributed by atoms with E-state index in [-0.39, 0.29) is 18.6 Å². The Hall–Kier alpha value is -0.610. The van der Waals surface area contributed by atoms with Gasteiger partial charge in [0.15, 0.2) is 0 Å². The number of carbonyl (C=O) groups is 1. The lowest BCUT2D eigenvalue weighted by Crippen LogP contribution is -2.30. The lowest BCUT2D eigenvalue weighted by atomic mass is 10.1. The van der Waals surface area contributed by atoms with Crippen molar-refractivity contribution in [3.05, 3.63) is 0 Å². The Morgan fingerprint density at radius 3 is 2.69 bits per heavy atom. The third kappa shape index (κ3) is 8.68. The fourth-order valence-electron chi connectivity index (χ4n) is 1.43. The first-order chi connectivity index (χ1) is 7.60. The Morgan fingerprint density at radius 2 is 2.12 bits per heavy atom. The third-order valence-electron chi connectivity index (χ3n) is 2.46. The van der Waals surface area contributed by atoms with Crippen molar-refractivity contribution in [2.75, 3.05) is 19.8 Å². The molecule has 0 heterocycles. The molecule has 0 saturated carbocycles. The smallest absolute Gasteiger partial charge is 0.307 e. The molecule has 0 saturated heterocycles. The van der Waals surface area contributed by atoms with Crippen LogP contribution in [0.4, 0.5) is 0 Å². The molecule has 0 aliphatic rings. The van der Waals surface area contributed by atoms with Gasteiger partial charge in [-0.3, -0.25) is 4.79 Å². The monoisotopic (exact) mass is 231 g/mol. The molecule has 0 fully saturated rings. The lowest BCUT2D eigenvalue weighted by Gasteiger charge is -2.13. The Bertz CT molecular complexity index is 185. The maximum absolute atomic E-state index is 11.1. The first-order valence-corrected chi connectivity index (χ1v) is 6.10. The van der Waals surface area contributed by atoms with Crippen LogP contribution in [0.3, 0.4) is 0 Å². The molecular weight excluding hydrogens is 206 g/mol. The number of nitrogens with one attached hydrogen (secondary N) is 1.